The van der Waals surface area contributed by atoms with Gasteiger partial charge >= 0.3 is 0 Å². The van der Waals surface area contributed by atoms with Gasteiger partial charge in [0.2, 0.25) is 5.91 Å². The van der Waals surface area contributed by atoms with E-state index in [9.17, 15) is 4.79 Å². The summed E-state index contributed by atoms with van der Waals surface area (Å²) in [6.07, 6.45) is 1.67. The number of piperazine rings is 1. The lowest BCUT2D eigenvalue weighted by Crippen LogP contribution is -2.47. The number of fused-ring (bicyclic) bond motifs is 2. The Morgan fingerprint density at radius 1 is 1.15 bits per heavy atom. The normalized spacial score (nSPS) is 20.4. The summed E-state index contributed by atoms with van der Waals surface area (Å²) in [6, 6.07) is 8.79. The molecule has 1 saturated heterocycles. The van der Waals surface area contributed by atoms with Gasteiger partial charge in [-0.05, 0) is 43.2 Å². The van der Waals surface area contributed by atoms with Crippen molar-refractivity contribution in [2.75, 3.05) is 38.5 Å². The van der Waals surface area contributed by atoms with E-state index in [1.54, 1.807) is 6.92 Å². The van der Waals surface area contributed by atoms with Crippen LogP contribution >= 0.6 is 11.3 Å². The molecule has 1 aromatic carbocycles. The van der Waals surface area contributed by atoms with Crippen LogP contribution in [-0.4, -0.2) is 66.3 Å². The van der Waals surface area contributed by atoms with Gasteiger partial charge < -0.3 is 19.9 Å². The van der Waals surface area contributed by atoms with Crippen LogP contribution in [0.4, 0.5) is 5.69 Å². The van der Waals surface area contributed by atoms with Crippen molar-refractivity contribution in [2.45, 2.75) is 40.2 Å². The zero-order valence-corrected chi connectivity index (χ0v) is 20.5. The molecule has 3 aliphatic rings. The highest BCUT2D eigenvalue weighted by Crippen LogP contribution is 2.39. The molecule has 1 atom stereocenters. The molecule has 5 rings (SSSR count). The van der Waals surface area contributed by atoms with E-state index in [-0.39, 0.29) is 12.2 Å². The van der Waals surface area contributed by atoms with Crippen LogP contribution in [-0.2, 0) is 22.7 Å². The van der Waals surface area contributed by atoms with Crippen molar-refractivity contribution in [3.05, 3.63) is 56.5 Å². The van der Waals surface area contributed by atoms with E-state index in [1.165, 1.54) is 26.4 Å². The van der Waals surface area contributed by atoms with Crippen molar-refractivity contribution in [3.63, 3.8) is 0 Å². The van der Waals surface area contributed by atoms with E-state index < -0.39 is 0 Å². The predicted octanol–water partition coefficient (Wildman–Crippen LogP) is 3.64. The fourth-order valence-corrected chi connectivity index (χ4v) is 5.94. The molecule has 0 saturated carbocycles. The largest absolute Gasteiger partial charge is 0.484 e. The number of benzene rings is 1. The molecule has 1 amide bonds. The number of ether oxygens (including phenoxy) is 1. The molecule has 0 spiro atoms. The Balaban J connectivity index is 1.32. The second kappa shape index (κ2) is 8.83. The van der Waals surface area contributed by atoms with Crippen molar-refractivity contribution < 1.29 is 9.53 Å². The zero-order chi connectivity index (χ0) is 23.1. The first-order chi connectivity index (χ1) is 15.9. The zero-order valence-electron chi connectivity index (χ0n) is 19.7. The molecule has 7 nitrogen and oxygen atoms in total. The second-order valence-electron chi connectivity index (χ2n) is 9.12. The van der Waals surface area contributed by atoms with Crippen LogP contribution < -0.4 is 5.32 Å². The molecule has 1 unspecified atom stereocenters. The van der Waals surface area contributed by atoms with Crippen molar-refractivity contribution in [1.82, 2.24) is 14.7 Å². The summed E-state index contributed by atoms with van der Waals surface area (Å²) in [5, 5.41) is 3.56. The Kier molecular flexibility index (Phi) is 5.88. The van der Waals surface area contributed by atoms with E-state index in [1.807, 2.05) is 22.5 Å². The van der Waals surface area contributed by atoms with Gasteiger partial charge in [0.1, 0.15) is 6.61 Å². The maximum Gasteiger partial charge on any atom is 0.219 e. The summed E-state index contributed by atoms with van der Waals surface area (Å²) in [5.74, 6) is 1.01. The summed E-state index contributed by atoms with van der Waals surface area (Å²) >= 11 is 1.83. The molecule has 8 heteroatoms. The Bertz CT molecular complexity index is 1110. The maximum atomic E-state index is 11.6. The molecule has 1 aromatic heterocycles. The highest BCUT2D eigenvalue weighted by Gasteiger charge is 2.31. The molecular formula is C25H31N5O2S. The number of rotatable bonds is 4. The molecule has 1 N–H and O–H groups in total. The summed E-state index contributed by atoms with van der Waals surface area (Å²) < 4.78 is 6.07. The number of carbonyl (C=O) groups excluding carboxylic acids is 1. The summed E-state index contributed by atoms with van der Waals surface area (Å²) in [5.41, 5.74) is 5.87. The van der Waals surface area contributed by atoms with Crippen molar-refractivity contribution in [3.8, 4) is 0 Å². The highest BCUT2D eigenvalue weighted by atomic mass is 32.1. The molecule has 174 valence electrons. The van der Waals surface area contributed by atoms with Crippen LogP contribution in [0.1, 0.15) is 33.4 Å². The lowest BCUT2D eigenvalue weighted by molar-refractivity contribution is -0.130. The van der Waals surface area contributed by atoms with E-state index in [2.05, 4.69) is 60.3 Å². The quantitative estimate of drug-likeness (QED) is 0.747. The number of anilines is 1. The summed E-state index contributed by atoms with van der Waals surface area (Å²) in [4.78, 5) is 25.5. The van der Waals surface area contributed by atoms with Gasteiger partial charge in [0.15, 0.2) is 12.0 Å². The van der Waals surface area contributed by atoms with Gasteiger partial charge in [0.05, 0.1) is 16.8 Å². The number of aliphatic imine (C=N–C) groups is 1. The van der Waals surface area contributed by atoms with E-state index in [4.69, 9.17) is 9.73 Å². The number of hydrogen-bond acceptors (Lipinski definition) is 7. The molecule has 33 heavy (non-hydrogen) atoms. The molecule has 0 aliphatic carbocycles. The monoisotopic (exact) mass is 465 g/mol. The average Bonchev–Trinajstić information content (AvgIpc) is 3.17. The lowest BCUT2D eigenvalue weighted by Gasteiger charge is -2.36. The molecule has 4 heterocycles. The van der Waals surface area contributed by atoms with E-state index >= 15 is 0 Å². The molecular weight excluding hydrogens is 434 g/mol. The Hall–Kier alpha value is -2.84. The summed E-state index contributed by atoms with van der Waals surface area (Å²) in [7, 11) is 2.07. The minimum Gasteiger partial charge on any atom is -0.484 e. The van der Waals surface area contributed by atoms with Crippen LogP contribution in [0, 0.1) is 13.8 Å². The first kappa shape index (κ1) is 22.0. The fourth-order valence-electron chi connectivity index (χ4n) is 4.82. The SMILES string of the molecule is CC(=O)N1CCN(Cc2cc3c(s2)COC2=C3N(C)C(Nc3cc(C)cc(C)c3)N=C2)CC1. The number of nitrogens with zero attached hydrogens (tertiary/aromatic N) is 4. The van der Waals surface area contributed by atoms with Gasteiger partial charge in [-0.1, -0.05) is 6.07 Å². The van der Waals surface area contributed by atoms with Gasteiger partial charge in [0, 0.05) is 62.8 Å². The lowest BCUT2D eigenvalue weighted by atomic mass is 10.1. The standard InChI is InChI=1S/C25H31N5O2S/c1-16-9-17(2)11-19(10-16)27-25-26-13-22-24(28(25)4)21-12-20(33-23(21)15-32-22)14-29-5-7-30(8-6-29)18(3)31/h9-13,25,27H,5-8,14-15H2,1-4H3. The summed E-state index contributed by atoms with van der Waals surface area (Å²) in [6.45, 7) is 10.8. The number of amides is 1. The van der Waals surface area contributed by atoms with Crippen LogP contribution in [0.3, 0.4) is 0 Å². The average molecular weight is 466 g/mol. The Labute approximate surface area is 199 Å². The molecule has 3 aliphatic heterocycles. The second-order valence-corrected chi connectivity index (χ2v) is 10.3. The van der Waals surface area contributed by atoms with Crippen LogP contribution in [0.2, 0.25) is 0 Å². The maximum absolute atomic E-state index is 11.6. The number of thiophene rings is 1. The number of aryl methyl sites for hydroxylation is 2. The van der Waals surface area contributed by atoms with Crippen LogP contribution in [0.15, 0.2) is 35.0 Å². The van der Waals surface area contributed by atoms with Crippen LogP contribution in [0.5, 0.6) is 0 Å². The first-order valence-corrected chi connectivity index (χ1v) is 12.3. The topological polar surface area (TPSA) is 60.4 Å². The third-order valence-corrected chi connectivity index (χ3v) is 7.57. The minimum absolute atomic E-state index is 0.170. The third kappa shape index (κ3) is 4.50. The number of carbonyl (C=O) groups is 1. The van der Waals surface area contributed by atoms with Crippen molar-refractivity contribution in [1.29, 1.82) is 0 Å². The highest BCUT2D eigenvalue weighted by molar-refractivity contribution is 7.12. The van der Waals surface area contributed by atoms with E-state index in [0.29, 0.717) is 6.61 Å². The predicted molar refractivity (Wildman–Crippen MR) is 133 cm³/mol. The molecule has 0 radical (unpaired) electrons. The first-order valence-electron chi connectivity index (χ1n) is 11.4. The molecule has 0 bridgehead atoms. The Morgan fingerprint density at radius 3 is 2.58 bits per heavy atom. The van der Waals surface area contributed by atoms with Crippen LogP contribution in [0.25, 0.3) is 5.70 Å². The smallest absolute Gasteiger partial charge is 0.219 e. The van der Waals surface area contributed by atoms with Gasteiger partial charge in [-0.15, -0.1) is 11.3 Å². The third-order valence-electron chi connectivity index (χ3n) is 6.47. The number of hydrogen-bond donors (Lipinski definition) is 1. The number of nitrogens with one attached hydrogen (secondary N) is 1. The Morgan fingerprint density at radius 2 is 1.88 bits per heavy atom. The fraction of sp³-hybridized carbons (Fsp3) is 0.440. The molecule has 1 fully saturated rings. The van der Waals surface area contributed by atoms with E-state index in [0.717, 1.165) is 49.9 Å². The van der Waals surface area contributed by atoms with Crippen molar-refractivity contribution >= 4 is 34.8 Å². The molecule has 2 aromatic rings. The van der Waals surface area contributed by atoms with Gasteiger partial charge in [-0.3, -0.25) is 9.69 Å². The van der Waals surface area contributed by atoms with Gasteiger partial charge in [-0.2, -0.15) is 0 Å². The van der Waals surface area contributed by atoms with Crippen molar-refractivity contribution in [2.24, 2.45) is 4.99 Å². The number of allylic oxidation sites excluding steroid dienone is 1. The van der Waals surface area contributed by atoms with Gasteiger partial charge in [-0.25, -0.2) is 4.99 Å². The minimum atomic E-state index is -0.192. The van der Waals surface area contributed by atoms with Gasteiger partial charge in [0.25, 0.3) is 0 Å².